The molecular formula is C16H25N3O. The van der Waals surface area contributed by atoms with Crippen LogP contribution in [0.2, 0.25) is 0 Å². The van der Waals surface area contributed by atoms with Gasteiger partial charge in [0, 0.05) is 13.1 Å². The second-order valence-corrected chi connectivity index (χ2v) is 6.06. The highest BCUT2D eigenvalue weighted by Crippen LogP contribution is 2.25. The molecule has 0 atom stereocenters. The van der Waals surface area contributed by atoms with Gasteiger partial charge in [0.1, 0.15) is 12.4 Å². The molecule has 0 radical (unpaired) electrons. The van der Waals surface area contributed by atoms with E-state index in [2.05, 4.69) is 54.6 Å². The standard InChI is InChI=1S/C16H25N3O/c1-16(2,3)13-6-4-7-14(12-13)20-11-10-19-15-17-8-5-9-18-15/h4,6-7,12H,5,8-11H2,1-3H3,(H2,17,18,19). The lowest BCUT2D eigenvalue weighted by atomic mass is 9.87. The lowest BCUT2D eigenvalue weighted by molar-refractivity contribution is 0.321. The highest BCUT2D eigenvalue weighted by molar-refractivity contribution is 5.80. The normalized spacial score (nSPS) is 15.2. The van der Waals surface area contributed by atoms with Crippen LogP contribution in [0.25, 0.3) is 0 Å². The summed E-state index contributed by atoms with van der Waals surface area (Å²) in [5.74, 6) is 1.82. The molecule has 0 fully saturated rings. The first-order chi connectivity index (χ1) is 9.55. The van der Waals surface area contributed by atoms with E-state index < -0.39 is 0 Å². The monoisotopic (exact) mass is 275 g/mol. The number of aliphatic imine (C=N–C) groups is 1. The largest absolute Gasteiger partial charge is 0.492 e. The fraction of sp³-hybridized carbons (Fsp3) is 0.562. The lowest BCUT2D eigenvalue weighted by Gasteiger charge is -2.20. The smallest absolute Gasteiger partial charge is 0.191 e. The third-order valence-corrected chi connectivity index (χ3v) is 3.26. The molecule has 1 aromatic rings. The molecule has 0 amide bonds. The summed E-state index contributed by atoms with van der Waals surface area (Å²) in [5.41, 5.74) is 1.44. The predicted octanol–water partition coefficient (Wildman–Crippen LogP) is 2.30. The van der Waals surface area contributed by atoms with Crippen molar-refractivity contribution in [2.75, 3.05) is 26.2 Å². The van der Waals surface area contributed by atoms with Crippen molar-refractivity contribution in [3.05, 3.63) is 29.8 Å². The molecule has 1 aliphatic rings. The molecule has 1 heterocycles. The van der Waals surface area contributed by atoms with Gasteiger partial charge in [-0.25, -0.2) is 0 Å². The molecule has 4 heteroatoms. The van der Waals surface area contributed by atoms with Gasteiger partial charge in [0.25, 0.3) is 0 Å². The summed E-state index contributed by atoms with van der Waals surface area (Å²) in [6.45, 7) is 9.92. The van der Waals surface area contributed by atoms with Gasteiger partial charge in [-0.15, -0.1) is 0 Å². The molecule has 20 heavy (non-hydrogen) atoms. The van der Waals surface area contributed by atoms with E-state index in [0.717, 1.165) is 37.8 Å². The van der Waals surface area contributed by atoms with E-state index in [1.54, 1.807) is 0 Å². The number of nitrogens with one attached hydrogen (secondary N) is 2. The maximum atomic E-state index is 5.79. The average Bonchev–Trinajstić information content (AvgIpc) is 2.44. The van der Waals surface area contributed by atoms with Crippen molar-refractivity contribution in [1.29, 1.82) is 0 Å². The first kappa shape index (κ1) is 14.7. The minimum Gasteiger partial charge on any atom is -0.492 e. The molecule has 2 rings (SSSR count). The molecule has 110 valence electrons. The van der Waals surface area contributed by atoms with Crippen LogP contribution < -0.4 is 15.4 Å². The zero-order chi connectivity index (χ0) is 14.4. The van der Waals surface area contributed by atoms with Crippen LogP contribution in [0.4, 0.5) is 0 Å². The third-order valence-electron chi connectivity index (χ3n) is 3.26. The maximum absolute atomic E-state index is 5.79. The first-order valence-corrected chi connectivity index (χ1v) is 7.31. The maximum Gasteiger partial charge on any atom is 0.191 e. The molecule has 2 N–H and O–H groups in total. The Morgan fingerprint density at radius 2 is 2.20 bits per heavy atom. The molecule has 0 bridgehead atoms. The fourth-order valence-corrected chi connectivity index (χ4v) is 2.04. The molecule has 1 aliphatic heterocycles. The van der Waals surface area contributed by atoms with Crippen molar-refractivity contribution in [3.63, 3.8) is 0 Å². The number of ether oxygens (including phenoxy) is 1. The van der Waals surface area contributed by atoms with Crippen molar-refractivity contribution in [2.45, 2.75) is 32.6 Å². The van der Waals surface area contributed by atoms with E-state index in [-0.39, 0.29) is 5.41 Å². The Balaban J connectivity index is 1.78. The number of rotatable bonds is 4. The van der Waals surface area contributed by atoms with E-state index in [0.29, 0.717) is 6.61 Å². The zero-order valence-corrected chi connectivity index (χ0v) is 12.7. The SMILES string of the molecule is CC(C)(C)c1cccc(OCCNC2=NCCCN2)c1. The van der Waals surface area contributed by atoms with Crippen LogP contribution in [-0.4, -0.2) is 32.2 Å². The van der Waals surface area contributed by atoms with Gasteiger partial charge in [-0.3, -0.25) is 4.99 Å². The quantitative estimate of drug-likeness (QED) is 0.829. The van der Waals surface area contributed by atoms with Gasteiger partial charge in [-0.05, 0) is 29.5 Å². The summed E-state index contributed by atoms with van der Waals surface area (Å²) >= 11 is 0. The topological polar surface area (TPSA) is 45.6 Å². The molecule has 0 aliphatic carbocycles. The lowest BCUT2D eigenvalue weighted by Crippen LogP contribution is -2.42. The molecule has 0 saturated carbocycles. The zero-order valence-electron chi connectivity index (χ0n) is 12.7. The van der Waals surface area contributed by atoms with Crippen LogP contribution in [0.15, 0.2) is 29.3 Å². The van der Waals surface area contributed by atoms with Gasteiger partial charge in [-0.1, -0.05) is 32.9 Å². The van der Waals surface area contributed by atoms with Crippen molar-refractivity contribution in [1.82, 2.24) is 10.6 Å². The Morgan fingerprint density at radius 1 is 1.35 bits per heavy atom. The second kappa shape index (κ2) is 6.64. The molecular weight excluding hydrogens is 250 g/mol. The summed E-state index contributed by atoms with van der Waals surface area (Å²) in [6, 6.07) is 8.32. The summed E-state index contributed by atoms with van der Waals surface area (Å²) in [5, 5.41) is 6.48. The Hall–Kier alpha value is -1.71. The first-order valence-electron chi connectivity index (χ1n) is 7.31. The van der Waals surface area contributed by atoms with Crippen LogP contribution in [0, 0.1) is 0 Å². The number of benzene rings is 1. The van der Waals surface area contributed by atoms with Gasteiger partial charge in [-0.2, -0.15) is 0 Å². The number of hydrogen-bond acceptors (Lipinski definition) is 4. The van der Waals surface area contributed by atoms with Gasteiger partial charge < -0.3 is 15.4 Å². The Kier molecular flexibility index (Phi) is 4.88. The number of hydrogen-bond donors (Lipinski definition) is 2. The number of nitrogens with zero attached hydrogens (tertiary/aromatic N) is 1. The van der Waals surface area contributed by atoms with Crippen molar-refractivity contribution >= 4 is 5.96 Å². The highest BCUT2D eigenvalue weighted by Gasteiger charge is 2.13. The molecule has 1 aromatic carbocycles. The average molecular weight is 275 g/mol. The molecule has 4 nitrogen and oxygen atoms in total. The summed E-state index contributed by atoms with van der Waals surface area (Å²) in [4.78, 5) is 4.36. The van der Waals surface area contributed by atoms with E-state index in [4.69, 9.17) is 4.74 Å². The Morgan fingerprint density at radius 3 is 2.90 bits per heavy atom. The number of guanidine groups is 1. The van der Waals surface area contributed by atoms with Crippen LogP contribution in [0.5, 0.6) is 5.75 Å². The summed E-state index contributed by atoms with van der Waals surface area (Å²) < 4.78 is 5.79. The van der Waals surface area contributed by atoms with Crippen LogP contribution >= 0.6 is 0 Å². The predicted molar refractivity (Wildman–Crippen MR) is 83.6 cm³/mol. The van der Waals surface area contributed by atoms with Gasteiger partial charge in [0.2, 0.25) is 0 Å². The minimum absolute atomic E-state index is 0.151. The van der Waals surface area contributed by atoms with E-state index in [1.165, 1.54) is 5.56 Å². The van der Waals surface area contributed by atoms with E-state index in [9.17, 15) is 0 Å². The highest BCUT2D eigenvalue weighted by atomic mass is 16.5. The summed E-state index contributed by atoms with van der Waals surface area (Å²) in [6.07, 6.45) is 1.11. The van der Waals surface area contributed by atoms with Crippen molar-refractivity contribution in [3.8, 4) is 5.75 Å². The minimum atomic E-state index is 0.151. The molecule has 0 aromatic heterocycles. The molecule has 0 spiro atoms. The van der Waals surface area contributed by atoms with Crippen LogP contribution in [0.1, 0.15) is 32.8 Å². The van der Waals surface area contributed by atoms with E-state index in [1.807, 2.05) is 6.07 Å². The van der Waals surface area contributed by atoms with Gasteiger partial charge >= 0.3 is 0 Å². The van der Waals surface area contributed by atoms with Crippen LogP contribution in [-0.2, 0) is 5.41 Å². The van der Waals surface area contributed by atoms with E-state index >= 15 is 0 Å². The Labute approximate surface area is 121 Å². The molecule has 0 unspecified atom stereocenters. The van der Waals surface area contributed by atoms with Gasteiger partial charge in [0.05, 0.1) is 6.54 Å². The van der Waals surface area contributed by atoms with Crippen molar-refractivity contribution < 1.29 is 4.74 Å². The fourth-order valence-electron chi connectivity index (χ4n) is 2.04. The Bertz CT molecular complexity index is 463. The second-order valence-electron chi connectivity index (χ2n) is 6.06. The third kappa shape index (κ3) is 4.44. The van der Waals surface area contributed by atoms with Crippen molar-refractivity contribution in [2.24, 2.45) is 4.99 Å². The molecule has 0 saturated heterocycles. The van der Waals surface area contributed by atoms with Crippen LogP contribution in [0.3, 0.4) is 0 Å². The summed E-state index contributed by atoms with van der Waals surface area (Å²) in [7, 11) is 0. The van der Waals surface area contributed by atoms with Gasteiger partial charge in [0.15, 0.2) is 5.96 Å².